The molecule has 2 aliphatic rings. The molecule has 1 aliphatic carbocycles. The van der Waals surface area contributed by atoms with Crippen LogP contribution in [0.1, 0.15) is 36.9 Å². The zero-order chi connectivity index (χ0) is 19.9. The van der Waals surface area contributed by atoms with Crippen LogP contribution in [0.15, 0.2) is 40.0 Å². The Morgan fingerprint density at radius 3 is 2.75 bits per heavy atom. The van der Waals surface area contributed by atoms with Crippen LogP contribution >= 0.6 is 0 Å². The largest absolute Gasteiger partial charge is 0.312 e. The van der Waals surface area contributed by atoms with Gasteiger partial charge in [-0.2, -0.15) is 5.10 Å². The number of carbonyl (C=O) groups excluding carboxylic acids is 1. The molecule has 0 saturated heterocycles. The van der Waals surface area contributed by atoms with Crippen LogP contribution in [0.2, 0.25) is 0 Å². The highest BCUT2D eigenvalue weighted by atomic mass is 32.2. The van der Waals surface area contributed by atoms with E-state index in [0.29, 0.717) is 18.9 Å². The van der Waals surface area contributed by atoms with Gasteiger partial charge in [-0.25, -0.2) is 17.8 Å². The molecule has 0 radical (unpaired) electrons. The average Bonchev–Trinajstić information content (AvgIpc) is 3.41. The summed E-state index contributed by atoms with van der Waals surface area (Å²) in [5.41, 5.74) is 2.24. The maximum Gasteiger partial charge on any atom is 0.266 e. The number of amides is 1. The number of aromatic nitrogens is 2. The van der Waals surface area contributed by atoms with Gasteiger partial charge in [-0.1, -0.05) is 0 Å². The first-order valence-corrected chi connectivity index (χ1v) is 10.8. The Kier molecular flexibility index (Phi) is 4.80. The molecular weight excluding hydrogens is 380 g/mol. The third-order valence-corrected chi connectivity index (χ3v) is 6.59. The summed E-state index contributed by atoms with van der Waals surface area (Å²) in [6, 6.07) is 8.01. The van der Waals surface area contributed by atoms with Crippen molar-refractivity contribution in [2.45, 2.75) is 43.5 Å². The van der Waals surface area contributed by atoms with Crippen LogP contribution in [-0.2, 0) is 27.8 Å². The highest BCUT2D eigenvalue weighted by Crippen LogP contribution is 2.38. The Hall–Kier alpha value is -2.52. The van der Waals surface area contributed by atoms with Crippen molar-refractivity contribution in [1.29, 1.82) is 0 Å². The van der Waals surface area contributed by atoms with Gasteiger partial charge >= 0.3 is 0 Å². The summed E-state index contributed by atoms with van der Waals surface area (Å²) in [5, 5.41) is 4.33. The molecule has 8 nitrogen and oxygen atoms in total. The third-order valence-electron chi connectivity index (χ3n) is 5.14. The lowest BCUT2D eigenvalue weighted by Crippen LogP contribution is -2.32. The summed E-state index contributed by atoms with van der Waals surface area (Å²) < 4.78 is 29.1. The van der Waals surface area contributed by atoms with E-state index in [0.717, 1.165) is 29.8 Å². The quantitative estimate of drug-likeness (QED) is 0.777. The van der Waals surface area contributed by atoms with Crippen LogP contribution in [0.3, 0.4) is 0 Å². The monoisotopic (exact) mass is 402 g/mol. The van der Waals surface area contributed by atoms with Crippen LogP contribution in [0, 0.1) is 0 Å². The van der Waals surface area contributed by atoms with Crippen molar-refractivity contribution in [1.82, 2.24) is 14.5 Å². The molecule has 0 unspecified atom stereocenters. The summed E-state index contributed by atoms with van der Waals surface area (Å²) in [7, 11) is -3.71. The number of sulfonamides is 1. The summed E-state index contributed by atoms with van der Waals surface area (Å²) >= 11 is 0. The molecule has 1 aromatic heterocycles. The van der Waals surface area contributed by atoms with Crippen molar-refractivity contribution in [3.8, 4) is 0 Å². The van der Waals surface area contributed by atoms with E-state index in [1.165, 1.54) is 23.7 Å². The van der Waals surface area contributed by atoms with Crippen molar-refractivity contribution < 1.29 is 13.2 Å². The van der Waals surface area contributed by atoms with Crippen LogP contribution in [0.4, 0.5) is 5.69 Å². The number of anilines is 1. The molecule has 0 spiro atoms. The first kappa shape index (κ1) is 18.8. The van der Waals surface area contributed by atoms with E-state index in [1.54, 1.807) is 23.1 Å². The maximum atomic E-state index is 12.6. The third kappa shape index (κ3) is 3.72. The second-order valence-corrected chi connectivity index (χ2v) is 8.97. The lowest BCUT2D eigenvalue weighted by Gasteiger charge is -2.15. The Morgan fingerprint density at radius 2 is 2.04 bits per heavy atom. The van der Waals surface area contributed by atoms with Crippen LogP contribution in [0.25, 0.3) is 0 Å². The lowest BCUT2D eigenvalue weighted by atomic mass is 10.2. The van der Waals surface area contributed by atoms with Crippen molar-refractivity contribution in [2.24, 2.45) is 0 Å². The van der Waals surface area contributed by atoms with E-state index in [1.807, 2.05) is 0 Å². The van der Waals surface area contributed by atoms with Gasteiger partial charge in [0.2, 0.25) is 15.9 Å². The van der Waals surface area contributed by atoms with E-state index in [2.05, 4.69) is 9.82 Å². The Bertz CT molecular complexity index is 1090. The summed E-state index contributed by atoms with van der Waals surface area (Å²) in [6.45, 7) is 2.30. The van der Waals surface area contributed by atoms with E-state index >= 15 is 0 Å². The number of nitrogens with zero attached hydrogens (tertiary/aromatic N) is 3. The minimum absolute atomic E-state index is 0.0566. The highest BCUT2D eigenvalue weighted by Gasteiger charge is 2.26. The minimum atomic E-state index is -3.71. The fraction of sp³-hybridized carbons (Fsp3) is 0.421. The minimum Gasteiger partial charge on any atom is -0.312 e. The molecular formula is C19H22N4O4S. The van der Waals surface area contributed by atoms with Gasteiger partial charge in [0.1, 0.15) is 0 Å². The number of rotatable bonds is 6. The molecule has 9 heteroatoms. The number of carbonyl (C=O) groups is 1. The second-order valence-electron chi connectivity index (χ2n) is 7.20. The fourth-order valence-corrected chi connectivity index (χ4v) is 4.53. The summed E-state index contributed by atoms with van der Waals surface area (Å²) in [5.74, 6) is 0.364. The predicted molar refractivity (Wildman–Crippen MR) is 104 cm³/mol. The Labute approximate surface area is 163 Å². The smallest absolute Gasteiger partial charge is 0.266 e. The standard InChI is InChI=1S/C19H22N4O4S/c1-13(24)22-10-8-15-12-16(4-6-18(15)22)28(26,27)20-9-11-23-19(25)7-5-17(21-23)14-2-3-14/h4-7,12,14,20H,2-3,8-11H2,1H3. The van der Waals surface area contributed by atoms with Crippen LogP contribution < -0.4 is 15.2 Å². The van der Waals surface area contributed by atoms with Gasteiger partial charge in [0.05, 0.1) is 17.1 Å². The molecule has 1 aromatic carbocycles. The zero-order valence-electron chi connectivity index (χ0n) is 15.6. The molecule has 28 heavy (non-hydrogen) atoms. The van der Waals surface area contributed by atoms with Crippen molar-refractivity contribution in [2.75, 3.05) is 18.0 Å². The van der Waals surface area contributed by atoms with Gasteiger partial charge in [-0.05, 0) is 49.1 Å². The SMILES string of the molecule is CC(=O)N1CCc2cc(S(=O)(=O)NCCn3nc(C4CC4)ccc3=O)ccc21. The molecule has 1 amide bonds. The number of nitrogens with one attached hydrogen (secondary N) is 1. The van der Waals surface area contributed by atoms with E-state index in [4.69, 9.17) is 0 Å². The topological polar surface area (TPSA) is 101 Å². The van der Waals surface area contributed by atoms with Gasteiger partial charge in [-0.3, -0.25) is 9.59 Å². The van der Waals surface area contributed by atoms with Gasteiger partial charge in [0.15, 0.2) is 0 Å². The molecule has 4 rings (SSSR count). The van der Waals surface area contributed by atoms with Crippen LogP contribution in [0.5, 0.6) is 0 Å². The zero-order valence-corrected chi connectivity index (χ0v) is 16.4. The van der Waals surface area contributed by atoms with Crippen molar-refractivity contribution in [3.05, 3.63) is 51.9 Å². The number of fused-ring (bicyclic) bond motifs is 1. The first-order chi connectivity index (χ1) is 13.3. The van der Waals surface area contributed by atoms with Crippen molar-refractivity contribution >= 4 is 21.6 Å². The summed E-state index contributed by atoms with van der Waals surface area (Å²) in [4.78, 5) is 25.4. The molecule has 2 heterocycles. The van der Waals surface area contributed by atoms with E-state index in [-0.39, 0.29) is 29.5 Å². The molecule has 0 atom stereocenters. The first-order valence-electron chi connectivity index (χ1n) is 9.34. The van der Waals surface area contributed by atoms with Crippen molar-refractivity contribution in [3.63, 3.8) is 0 Å². The van der Waals surface area contributed by atoms with Gasteiger partial charge in [-0.15, -0.1) is 0 Å². The molecule has 0 bridgehead atoms. The van der Waals surface area contributed by atoms with Gasteiger partial charge in [0, 0.05) is 37.7 Å². The van der Waals surface area contributed by atoms with E-state index < -0.39 is 10.0 Å². The Morgan fingerprint density at radius 1 is 1.25 bits per heavy atom. The number of hydrogen-bond donors (Lipinski definition) is 1. The number of benzene rings is 1. The van der Waals surface area contributed by atoms with Crippen LogP contribution in [-0.4, -0.2) is 37.2 Å². The van der Waals surface area contributed by atoms with E-state index in [9.17, 15) is 18.0 Å². The molecule has 1 fully saturated rings. The second kappa shape index (κ2) is 7.14. The fourth-order valence-electron chi connectivity index (χ4n) is 3.46. The molecule has 1 saturated carbocycles. The lowest BCUT2D eigenvalue weighted by molar-refractivity contribution is -0.116. The molecule has 148 valence electrons. The Balaban J connectivity index is 1.45. The average molecular weight is 402 g/mol. The maximum absolute atomic E-state index is 12.6. The molecule has 1 N–H and O–H groups in total. The summed E-state index contributed by atoms with van der Waals surface area (Å²) in [6.07, 6.45) is 2.79. The number of hydrogen-bond acceptors (Lipinski definition) is 5. The molecule has 1 aliphatic heterocycles. The normalized spacial score (nSPS) is 16.2. The predicted octanol–water partition coefficient (Wildman–Crippen LogP) is 1.01. The molecule has 2 aromatic rings. The highest BCUT2D eigenvalue weighted by molar-refractivity contribution is 7.89. The van der Waals surface area contributed by atoms with Gasteiger partial charge in [0.25, 0.3) is 5.56 Å². The van der Waals surface area contributed by atoms with Gasteiger partial charge < -0.3 is 4.90 Å².